The molecular weight excluding hydrogens is 275 g/mol. The Bertz CT molecular complexity index is 596. The summed E-state index contributed by atoms with van der Waals surface area (Å²) < 4.78 is 41.1. The molecule has 3 nitrogen and oxygen atoms in total. The Morgan fingerprint density at radius 3 is 2.37 bits per heavy atom. The predicted molar refractivity (Wildman–Crippen MR) is 66.3 cm³/mol. The van der Waals surface area contributed by atoms with Gasteiger partial charge in [-0.15, -0.1) is 0 Å². The van der Waals surface area contributed by atoms with E-state index in [1.165, 1.54) is 0 Å². The van der Waals surface area contributed by atoms with E-state index in [0.29, 0.717) is 18.2 Å². The smallest absolute Gasteiger partial charge is 0.177 e. The van der Waals surface area contributed by atoms with Gasteiger partial charge in [0.25, 0.3) is 0 Å². The minimum atomic E-state index is -0.849. The number of aromatic nitrogens is 2. The molecule has 0 unspecified atom stereocenters. The van der Waals surface area contributed by atoms with Crippen LogP contribution in [0.3, 0.4) is 0 Å². The van der Waals surface area contributed by atoms with E-state index in [1.54, 1.807) is 6.92 Å². The fourth-order valence-corrected chi connectivity index (χ4v) is 2.29. The molecule has 1 aromatic carbocycles. The monoisotopic (exact) mass is 285 g/mol. The summed E-state index contributed by atoms with van der Waals surface area (Å²) in [5.41, 5.74) is 5.48. The second-order valence-electron chi connectivity index (χ2n) is 3.71. The van der Waals surface area contributed by atoms with Gasteiger partial charge in [-0.3, -0.25) is 0 Å². The summed E-state index contributed by atoms with van der Waals surface area (Å²) in [4.78, 5) is 7.11. The zero-order chi connectivity index (χ0) is 14.0. The van der Waals surface area contributed by atoms with Crippen LogP contribution >= 0.6 is 11.8 Å². The van der Waals surface area contributed by atoms with Crippen LogP contribution in [0.25, 0.3) is 0 Å². The molecule has 0 radical (unpaired) electrons. The van der Waals surface area contributed by atoms with Gasteiger partial charge in [0.2, 0.25) is 0 Å². The van der Waals surface area contributed by atoms with Crippen LogP contribution in [0.4, 0.5) is 18.9 Å². The van der Waals surface area contributed by atoms with Crippen molar-refractivity contribution in [2.24, 2.45) is 0 Å². The highest BCUT2D eigenvalue weighted by Crippen LogP contribution is 2.33. The second-order valence-corrected chi connectivity index (χ2v) is 4.71. The van der Waals surface area contributed by atoms with Crippen molar-refractivity contribution in [1.82, 2.24) is 9.97 Å². The molecule has 0 saturated heterocycles. The molecule has 0 fully saturated rings. The topological polar surface area (TPSA) is 51.8 Å². The van der Waals surface area contributed by atoms with Crippen molar-refractivity contribution in [1.29, 1.82) is 0 Å². The van der Waals surface area contributed by atoms with Crippen molar-refractivity contribution >= 4 is 17.4 Å². The van der Waals surface area contributed by atoms with Crippen molar-refractivity contribution < 1.29 is 13.2 Å². The normalized spacial score (nSPS) is 10.7. The number of nitrogens with two attached hydrogens (primary N) is 1. The van der Waals surface area contributed by atoms with E-state index < -0.39 is 17.5 Å². The third-order valence-electron chi connectivity index (χ3n) is 2.38. The molecule has 2 N–H and O–H groups in total. The molecule has 1 aromatic heterocycles. The molecule has 0 amide bonds. The third kappa shape index (κ3) is 2.81. The molecular formula is C12H10F3N3S. The Hall–Kier alpha value is -1.76. The Balaban J connectivity index is 2.42. The van der Waals surface area contributed by atoms with Gasteiger partial charge in [-0.05, 0) is 18.6 Å². The maximum Gasteiger partial charge on any atom is 0.177 e. The lowest BCUT2D eigenvalue weighted by atomic mass is 10.3. The van der Waals surface area contributed by atoms with Crippen molar-refractivity contribution in [2.75, 3.05) is 5.73 Å². The van der Waals surface area contributed by atoms with Gasteiger partial charge < -0.3 is 5.73 Å². The van der Waals surface area contributed by atoms with Crippen LogP contribution in [0.1, 0.15) is 12.6 Å². The number of nitrogens with zero attached hydrogens (tertiary/aromatic N) is 2. The van der Waals surface area contributed by atoms with E-state index in [2.05, 4.69) is 9.97 Å². The summed E-state index contributed by atoms with van der Waals surface area (Å²) in [6.45, 7) is 1.73. The first-order chi connectivity index (χ1) is 9.02. The lowest BCUT2D eigenvalue weighted by Gasteiger charge is -2.07. The van der Waals surface area contributed by atoms with Gasteiger partial charge in [-0.25, -0.2) is 23.1 Å². The molecule has 0 atom stereocenters. The number of anilines is 1. The fourth-order valence-electron chi connectivity index (χ4n) is 1.48. The Morgan fingerprint density at radius 2 is 1.79 bits per heavy atom. The van der Waals surface area contributed by atoms with E-state index in [9.17, 15) is 13.2 Å². The number of halogens is 3. The highest BCUT2D eigenvalue weighted by Gasteiger charge is 2.17. The first-order valence-electron chi connectivity index (χ1n) is 5.44. The maximum atomic E-state index is 13.9. The van der Waals surface area contributed by atoms with Crippen LogP contribution in [0.15, 0.2) is 28.4 Å². The SMILES string of the molecule is CCc1ncnc(Sc2c(F)cc(N)cc2F)c1F. The zero-order valence-electron chi connectivity index (χ0n) is 9.95. The van der Waals surface area contributed by atoms with Gasteiger partial charge in [0.05, 0.1) is 10.6 Å². The number of rotatable bonds is 3. The molecule has 0 bridgehead atoms. The lowest BCUT2D eigenvalue weighted by Crippen LogP contribution is -1.99. The van der Waals surface area contributed by atoms with Gasteiger partial charge in [0.15, 0.2) is 5.82 Å². The highest BCUT2D eigenvalue weighted by atomic mass is 32.2. The lowest BCUT2D eigenvalue weighted by molar-refractivity contribution is 0.538. The average molecular weight is 285 g/mol. The Morgan fingerprint density at radius 1 is 1.16 bits per heavy atom. The number of benzene rings is 1. The van der Waals surface area contributed by atoms with Crippen molar-refractivity contribution in [3.63, 3.8) is 0 Å². The molecule has 2 rings (SSSR count). The van der Waals surface area contributed by atoms with Gasteiger partial charge in [0.1, 0.15) is 23.0 Å². The van der Waals surface area contributed by atoms with Gasteiger partial charge >= 0.3 is 0 Å². The van der Waals surface area contributed by atoms with Crippen molar-refractivity contribution in [3.8, 4) is 0 Å². The molecule has 19 heavy (non-hydrogen) atoms. The number of aryl methyl sites for hydroxylation is 1. The van der Waals surface area contributed by atoms with Crippen LogP contribution in [-0.2, 0) is 6.42 Å². The molecule has 0 spiro atoms. The van der Waals surface area contributed by atoms with E-state index in [1.807, 2.05) is 0 Å². The van der Waals surface area contributed by atoms with E-state index in [4.69, 9.17) is 5.73 Å². The van der Waals surface area contributed by atoms with Crippen molar-refractivity contribution in [2.45, 2.75) is 23.3 Å². The maximum absolute atomic E-state index is 13.9. The second kappa shape index (κ2) is 5.48. The molecule has 0 aliphatic carbocycles. The first kappa shape index (κ1) is 13.7. The minimum Gasteiger partial charge on any atom is -0.399 e. The summed E-state index contributed by atoms with van der Waals surface area (Å²) in [5.74, 6) is -2.36. The largest absolute Gasteiger partial charge is 0.399 e. The molecule has 0 saturated carbocycles. The Kier molecular flexibility index (Phi) is 3.94. The van der Waals surface area contributed by atoms with Crippen LogP contribution < -0.4 is 5.73 Å². The highest BCUT2D eigenvalue weighted by molar-refractivity contribution is 7.99. The molecule has 1 heterocycles. The zero-order valence-corrected chi connectivity index (χ0v) is 10.8. The minimum absolute atomic E-state index is 0.0308. The first-order valence-corrected chi connectivity index (χ1v) is 6.26. The third-order valence-corrected chi connectivity index (χ3v) is 3.46. The number of hydrogen-bond acceptors (Lipinski definition) is 4. The summed E-state index contributed by atoms with van der Waals surface area (Å²) in [6, 6.07) is 1.95. The van der Waals surface area contributed by atoms with Crippen LogP contribution in [0.2, 0.25) is 0 Å². The van der Waals surface area contributed by atoms with Crippen molar-refractivity contribution in [3.05, 3.63) is 41.6 Å². The van der Waals surface area contributed by atoms with E-state index >= 15 is 0 Å². The van der Waals surface area contributed by atoms with Gasteiger partial charge in [-0.2, -0.15) is 0 Å². The predicted octanol–water partition coefficient (Wildman–Crippen LogP) is 3.19. The summed E-state index contributed by atoms with van der Waals surface area (Å²) in [5, 5.41) is -0.116. The molecule has 2 aromatic rings. The number of hydrogen-bond donors (Lipinski definition) is 1. The van der Waals surface area contributed by atoms with E-state index in [0.717, 1.165) is 18.5 Å². The van der Waals surface area contributed by atoms with Crippen LogP contribution in [-0.4, -0.2) is 9.97 Å². The van der Waals surface area contributed by atoms with Gasteiger partial charge in [0, 0.05) is 5.69 Å². The van der Waals surface area contributed by atoms with Crippen LogP contribution in [0, 0.1) is 17.5 Å². The van der Waals surface area contributed by atoms with Gasteiger partial charge in [-0.1, -0.05) is 18.7 Å². The standard InChI is InChI=1S/C12H10F3N3S/c1-2-9-10(15)12(18-5-17-9)19-11-7(13)3-6(16)4-8(11)14/h3-5H,2,16H2,1H3. The molecule has 0 aliphatic heterocycles. The molecule has 0 aliphatic rings. The average Bonchev–Trinajstić information content (AvgIpc) is 2.35. The summed E-state index contributed by atoms with van der Waals surface area (Å²) in [7, 11) is 0. The molecule has 7 heteroatoms. The quantitative estimate of drug-likeness (QED) is 0.695. The summed E-state index contributed by atoms with van der Waals surface area (Å²) >= 11 is 0.574. The summed E-state index contributed by atoms with van der Waals surface area (Å²) in [6.07, 6.45) is 1.53. The molecule has 100 valence electrons. The van der Waals surface area contributed by atoms with Crippen LogP contribution in [0.5, 0.6) is 0 Å². The Labute approximate surface area is 112 Å². The van der Waals surface area contributed by atoms with E-state index in [-0.39, 0.29) is 21.3 Å². The number of nitrogen functional groups attached to an aromatic ring is 1. The fraction of sp³-hybridized carbons (Fsp3) is 0.167.